The van der Waals surface area contributed by atoms with E-state index >= 15 is 0 Å². The van der Waals surface area contributed by atoms with Gasteiger partial charge in [0, 0.05) is 16.3 Å². The molecule has 0 heterocycles. The van der Waals surface area contributed by atoms with Crippen molar-refractivity contribution < 1.29 is 9.18 Å². The van der Waals surface area contributed by atoms with Gasteiger partial charge in [-0.05, 0) is 39.5 Å². The molecule has 0 atom stereocenters. The van der Waals surface area contributed by atoms with Crippen LogP contribution in [0.5, 0.6) is 0 Å². The summed E-state index contributed by atoms with van der Waals surface area (Å²) in [5.74, 6) is -0.569. The van der Waals surface area contributed by atoms with E-state index in [2.05, 4.69) is 37.2 Å². The summed E-state index contributed by atoms with van der Waals surface area (Å²) in [5, 5.41) is 3.63. The van der Waals surface area contributed by atoms with E-state index < -0.39 is 0 Å². The smallest absolute Gasteiger partial charge is 0.252 e. The van der Waals surface area contributed by atoms with Crippen molar-refractivity contribution in [2.75, 3.05) is 11.9 Å². The van der Waals surface area contributed by atoms with E-state index in [1.807, 2.05) is 13.8 Å². The molecule has 5 heteroatoms. The monoisotopic (exact) mass is 365 g/mol. The van der Waals surface area contributed by atoms with Crippen molar-refractivity contribution in [2.24, 2.45) is 5.41 Å². The number of halogens is 3. The highest BCUT2D eigenvalue weighted by Crippen LogP contribution is 2.19. The highest BCUT2D eigenvalue weighted by atomic mass is 79.9. The van der Waals surface area contributed by atoms with Crippen molar-refractivity contribution in [2.45, 2.75) is 13.8 Å². The van der Waals surface area contributed by atoms with Gasteiger partial charge in [-0.3, -0.25) is 4.79 Å². The molecule has 1 rings (SSSR count). The summed E-state index contributed by atoms with van der Waals surface area (Å²) in [6, 6.07) is 4.02. The van der Waals surface area contributed by atoms with Crippen molar-refractivity contribution in [1.29, 1.82) is 0 Å². The maximum atomic E-state index is 12.9. The number of amides is 1. The molecular formula is C12H14Br2FNO. The minimum absolute atomic E-state index is 0.0117. The van der Waals surface area contributed by atoms with Crippen LogP contribution >= 0.6 is 31.9 Å². The van der Waals surface area contributed by atoms with Crippen LogP contribution < -0.4 is 5.32 Å². The Morgan fingerprint density at radius 2 is 2.12 bits per heavy atom. The first-order valence-electron chi connectivity index (χ1n) is 5.15. The maximum absolute atomic E-state index is 12.9. The first-order valence-corrected chi connectivity index (χ1v) is 7.06. The van der Waals surface area contributed by atoms with Crippen LogP contribution in [0, 0.1) is 11.2 Å². The Kier molecular flexibility index (Phi) is 5.13. The summed E-state index contributed by atoms with van der Waals surface area (Å²) >= 11 is 6.57. The lowest BCUT2D eigenvalue weighted by Gasteiger charge is -2.22. The van der Waals surface area contributed by atoms with Gasteiger partial charge < -0.3 is 5.32 Å². The molecule has 0 aliphatic rings. The van der Waals surface area contributed by atoms with Gasteiger partial charge in [0.25, 0.3) is 5.91 Å². The lowest BCUT2D eigenvalue weighted by Crippen LogP contribution is -2.35. The zero-order chi connectivity index (χ0) is 13.1. The molecule has 1 amide bonds. The number of hydrogen-bond acceptors (Lipinski definition) is 1. The second-order valence-electron chi connectivity index (χ2n) is 4.60. The largest absolute Gasteiger partial charge is 0.351 e. The van der Waals surface area contributed by atoms with Crippen molar-refractivity contribution >= 4 is 37.8 Å². The number of benzene rings is 1. The molecule has 94 valence electrons. The molecule has 0 aliphatic carbocycles. The Morgan fingerprint density at radius 3 is 2.65 bits per heavy atom. The van der Waals surface area contributed by atoms with E-state index in [-0.39, 0.29) is 17.1 Å². The Bertz CT molecular complexity index is 421. The van der Waals surface area contributed by atoms with Crippen LogP contribution in [-0.4, -0.2) is 17.8 Å². The summed E-state index contributed by atoms with van der Waals surface area (Å²) < 4.78 is 13.3. The predicted molar refractivity (Wildman–Crippen MR) is 74.0 cm³/mol. The van der Waals surface area contributed by atoms with Gasteiger partial charge in [0.05, 0.1) is 5.56 Å². The molecule has 0 bridgehead atoms. The summed E-state index contributed by atoms with van der Waals surface area (Å²) in [7, 11) is 0. The van der Waals surface area contributed by atoms with E-state index in [0.29, 0.717) is 16.6 Å². The average molecular weight is 367 g/mol. The Balaban J connectivity index is 2.71. The summed E-state index contributed by atoms with van der Waals surface area (Å²) in [6.07, 6.45) is 0. The van der Waals surface area contributed by atoms with E-state index in [1.54, 1.807) is 0 Å². The van der Waals surface area contributed by atoms with Gasteiger partial charge in [-0.15, -0.1) is 0 Å². The summed E-state index contributed by atoms with van der Waals surface area (Å²) in [5.41, 5.74) is 0.430. The molecule has 0 saturated carbocycles. The molecule has 17 heavy (non-hydrogen) atoms. The molecule has 0 unspecified atom stereocenters. The fourth-order valence-electron chi connectivity index (χ4n) is 1.14. The van der Waals surface area contributed by atoms with Gasteiger partial charge in [-0.2, -0.15) is 0 Å². The van der Waals surface area contributed by atoms with Gasteiger partial charge in [0.15, 0.2) is 0 Å². The highest BCUT2D eigenvalue weighted by Gasteiger charge is 2.18. The molecule has 0 radical (unpaired) electrons. The second kappa shape index (κ2) is 5.96. The topological polar surface area (TPSA) is 29.1 Å². The van der Waals surface area contributed by atoms with Gasteiger partial charge in [0.1, 0.15) is 5.82 Å². The third-order valence-corrected chi connectivity index (χ3v) is 4.44. The zero-order valence-corrected chi connectivity index (χ0v) is 12.9. The predicted octanol–water partition coefficient (Wildman–Crippen LogP) is 3.74. The van der Waals surface area contributed by atoms with Crippen LogP contribution in [0.3, 0.4) is 0 Å². The minimum Gasteiger partial charge on any atom is -0.351 e. The highest BCUT2D eigenvalue weighted by molar-refractivity contribution is 9.10. The van der Waals surface area contributed by atoms with Crippen molar-refractivity contribution in [3.63, 3.8) is 0 Å². The van der Waals surface area contributed by atoms with E-state index in [9.17, 15) is 9.18 Å². The number of alkyl halides is 1. The Morgan fingerprint density at radius 1 is 1.47 bits per heavy atom. The Labute approximate surface area is 117 Å². The lowest BCUT2D eigenvalue weighted by atomic mass is 9.97. The second-order valence-corrected chi connectivity index (χ2v) is 6.02. The molecule has 0 fully saturated rings. The number of rotatable bonds is 4. The van der Waals surface area contributed by atoms with Gasteiger partial charge in [-0.1, -0.05) is 29.8 Å². The average Bonchev–Trinajstić information content (AvgIpc) is 2.26. The molecule has 0 saturated heterocycles. The quantitative estimate of drug-likeness (QED) is 0.808. The van der Waals surface area contributed by atoms with Crippen molar-refractivity contribution in [3.8, 4) is 0 Å². The fraction of sp³-hybridized carbons (Fsp3) is 0.417. The third-order valence-electron chi connectivity index (χ3n) is 2.27. The fourth-order valence-corrected chi connectivity index (χ4v) is 1.86. The Hall–Kier alpha value is -0.420. The third kappa shape index (κ3) is 4.39. The molecule has 2 nitrogen and oxygen atoms in total. The van der Waals surface area contributed by atoms with E-state index in [4.69, 9.17) is 0 Å². The van der Waals surface area contributed by atoms with Gasteiger partial charge in [0.2, 0.25) is 0 Å². The van der Waals surface area contributed by atoms with E-state index in [1.165, 1.54) is 18.2 Å². The molecule has 1 N–H and O–H groups in total. The lowest BCUT2D eigenvalue weighted by molar-refractivity contribution is 0.0939. The molecule has 0 aromatic heterocycles. The minimum atomic E-state index is -0.366. The maximum Gasteiger partial charge on any atom is 0.252 e. The van der Waals surface area contributed by atoms with Crippen molar-refractivity contribution in [3.05, 3.63) is 34.1 Å². The van der Waals surface area contributed by atoms with Gasteiger partial charge >= 0.3 is 0 Å². The molecule has 0 spiro atoms. The molecular weight excluding hydrogens is 353 g/mol. The van der Waals surface area contributed by atoms with Crippen LogP contribution in [-0.2, 0) is 0 Å². The summed E-state index contributed by atoms with van der Waals surface area (Å²) in [6.45, 7) is 4.64. The van der Waals surface area contributed by atoms with Gasteiger partial charge in [-0.25, -0.2) is 4.39 Å². The van der Waals surface area contributed by atoms with Crippen LogP contribution in [0.1, 0.15) is 24.2 Å². The number of hydrogen-bond donors (Lipinski definition) is 1. The molecule has 0 aliphatic heterocycles. The molecule has 1 aromatic rings. The first-order chi connectivity index (χ1) is 7.85. The van der Waals surface area contributed by atoms with Crippen LogP contribution in [0.2, 0.25) is 0 Å². The zero-order valence-electron chi connectivity index (χ0n) is 9.69. The number of nitrogens with one attached hydrogen (secondary N) is 1. The van der Waals surface area contributed by atoms with Crippen molar-refractivity contribution in [1.82, 2.24) is 5.32 Å². The van der Waals surface area contributed by atoms with E-state index in [0.717, 1.165) is 5.33 Å². The number of carbonyl (C=O) groups excluding carboxylic acids is 1. The van der Waals surface area contributed by atoms with Crippen LogP contribution in [0.15, 0.2) is 22.7 Å². The molecule has 1 aromatic carbocycles. The van der Waals surface area contributed by atoms with Crippen LogP contribution in [0.25, 0.3) is 0 Å². The van der Waals surface area contributed by atoms with Crippen LogP contribution in [0.4, 0.5) is 4.39 Å². The number of carbonyl (C=O) groups is 1. The normalized spacial score (nSPS) is 11.4. The standard InChI is InChI=1S/C12H14Br2FNO/c1-12(2,6-13)7-16-11(17)9-4-3-8(15)5-10(9)14/h3-5H,6-7H2,1-2H3,(H,16,17). The summed E-state index contributed by atoms with van der Waals surface area (Å²) in [4.78, 5) is 11.9. The SMILES string of the molecule is CC(C)(CBr)CNC(=O)c1ccc(F)cc1Br. The first kappa shape index (κ1) is 14.6.